The van der Waals surface area contributed by atoms with Crippen LogP contribution in [-0.4, -0.2) is 27.5 Å². The first-order valence-electron chi connectivity index (χ1n) is 8.18. The van der Waals surface area contributed by atoms with Crippen molar-refractivity contribution in [3.63, 3.8) is 0 Å². The number of guanidine groups is 1. The first-order valence-corrected chi connectivity index (χ1v) is 8.18. The van der Waals surface area contributed by atoms with E-state index in [0.29, 0.717) is 6.54 Å². The van der Waals surface area contributed by atoms with Crippen molar-refractivity contribution in [2.75, 3.05) is 7.05 Å². The minimum Gasteiger partial charge on any atom is -0.352 e. The SMILES string of the molecule is CN=C(NCc1ccc(-n2ccnc2)nc1)NCc1ccccc1C.I. The molecule has 0 aliphatic heterocycles. The lowest BCUT2D eigenvalue weighted by molar-refractivity contribution is 0.803. The van der Waals surface area contributed by atoms with Gasteiger partial charge in [-0.05, 0) is 29.7 Å². The van der Waals surface area contributed by atoms with Crippen molar-refractivity contribution in [2.45, 2.75) is 20.0 Å². The Morgan fingerprint density at radius 2 is 1.92 bits per heavy atom. The van der Waals surface area contributed by atoms with Crippen LogP contribution in [-0.2, 0) is 13.1 Å². The van der Waals surface area contributed by atoms with Gasteiger partial charge < -0.3 is 10.6 Å². The molecule has 0 unspecified atom stereocenters. The molecule has 26 heavy (non-hydrogen) atoms. The number of pyridine rings is 1. The topological polar surface area (TPSA) is 67.1 Å². The molecule has 0 amide bonds. The molecule has 0 atom stereocenters. The lowest BCUT2D eigenvalue weighted by Crippen LogP contribution is -2.36. The lowest BCUT2D eigenvalue weighted by atomic mass is 10.1. The van der Waals surface area contributed by atoms with Crippen LogP contribution in [0.15, 0.2) is 66.3 Å². The van der Waals surface area contributed by atoms with E-state index >= 15 is 0 Å². The minimum absolute atomic E-state index is 0. The molecule has 0 fully saturated rings. The van der Waals surface area contributed by atoms with Crippen LogP contribution in [0.2, 0.25) is 0 Å². The number of aliphatic imine (C=N–C) groups is 1. The van der Waals surface area contributed by atoms with Crippen molar-refractivity contribution in [1.82, 2.24) is 25.2 Å². The number of hydrogen-bond donors (Lipinski definition) is 2. The van der Waals surface area contributed by atoms with E-state index < -0.39 is 0 Å². The Balaban J connectivity index is 0.00000243. The summed E-state index contributed by atoms with van der Waals surface area (Å²) in [6.45, 7) is 3.51. The van der Waals surface area contributed by atoms with Crippen LogP contribution in [0.3, 0.4) is 0 Å². The van der Waals surface area contributed by atoms with Gasteiger partial charge in [0.25, 0.3) is 0 Å². The molecule has 2 aromatic heterocycles. The van der Waals surface area contributed by atoms with Gasteiger partial charge in [-0.2, -0.15) is 0 Å². The summed E-state index contributed by atoms with van der Waals surface area (Å²) in [5, 5.41) is 6.65. The van der Waals surface area contributed by atoms with Gasteiger partial charge in [0.1, 0.15) is 12.1 Å². The van der Waals surface area contributed by atoms with E-state index in [1.54, 1.807) is 19.6 Å². The van der Waals surface area contributed by atoms with Gasteiger partial charge >= 0.3 is 0 Å². The van der Waals surface area contributed by atoms with E-state index in [0.717, 1.165) is 23.9 Å². The molecule has 2 heterocycles. The third-order valence-electron chi connectivity index (χ3n) is 3.97. The molecular formula is C19H23IN6. The zero-order valence-corrected chi connectivity index (χ0v) is 17.2. The number of benzene rings is 1. The molecule has 1 aromatic carbocycles. The third kappa shape index (κ3) is 5.29. The van der Waals surface area contributed by atoms with Crippen LogP contribution >= 0.6 is 24.0 Å². The molecule has 0 spiro atoms. The molecule has 6 nitrogen and oxygen atoms in total. The minimum atomic E-state index is 0. The van der Waals surface area contributed by atoms with Gasteiger partial charge in [0.05, 0.1) is 0 Å². The molecule has 7 heteroatoms. The summed E-state index contributed by atoms with van der Waals surface area (Å²) >= 11 is 0. The first-order chi connectivity index (χ1) is 12.3. The first kappa shape index (κ1) is 19.9. The number of hydrogen-bond acceptors (Lipinski definition) is 3. The van der Waals surface area contributed by atoms with Crippen LogP contribution in [0.5, 0.6) is 0 Å². The van der Waals surface area contributed by atoms with Gasteiger partial charge in [0.15, 0.2) is 5.96 Å². The molecule has 0 bridgehead atoms. The maximum atomic E-state index is 4.45. The Bertz CT molecular complexity index is 828. The molecule has 0 saturated heterocycles. The van der Waals surface area contributed by atoms with Crippen LogP contribution in [0.25, 0.3) is 5.82 Å². The highest BCUT2D eigenvalue weighted by atomic mass is 127. The summed E-state index contributed by atoms with van der Waals surface area (Å²) in [6.07, 6.45) is 7.20. The summed E-state index contributed by atoms with van der Waals surface area (Å²) in [6, 6.07) is 12.3. The van der Waals surface area contributed by atoms with E-state index in [9.17, 15) is 0 Å². The van der Waals surface area contributed by atoms with E-state index in [1.807, 2.05) is 41.2 Å². The van der Waals surface area contributed by atoms with Crippen LogP contribution in [0.1, 0.15) is 16.7 Å². The highest BCUT2D eigenvalue weighted by Crippen LogP contribution is 2.07. The highest BCUT2D eigenvalue weighted by molar-refractivity contribution is 14.0. The summed E-state index contributed by atoms with van der Waals surface area (Å²) in [5.41, 5.74) is 3.62. The number of nitrogens with zero attached hydrogens (tertiary/aromatic N) is 4. The molecular weight excluding hydrogens is 439 g/mol. The monoisotopic (exact) mass is 462 g/mol. The van der Waals surface area contributed by atoms with Crippen molar-refractivity contribution in [3.8, 4) is 5.82 Å². The second-order valence-electron chi connectivity index (χ2n) is 5.70. The fourth-order valence-electron chi connectivity index (χ4n) is 2.46. The van der Waals surface area contributed by atoms with E-state index in [1.165, 1.54) is 11.1 Å². The Morgan fingerprint density at radius 3 is 2.58 bits per heavy atom. The summed E-state index contributed by atoms with van der Waals surface area (Å²) in [5.74, 6) is 1.62. The van der Waals surface area contributed by atoms with Crippen molar-refractivity contribution in [3.05, 3.63) is 78.0 Å². The van der Waals surface area contributed by atoms with Crippen molar-refractivity contribution in [1.29, 1.82) is 0 Å². The van der Waals surface area contributed by atoms with Crippen molar-refractivity contribution >= 4 is 29.9 Å². The van der Waals surface area contributed by atoms with Crippen molar-refractivity contribution in [2.24, 2.45) is 4.99 Å². The van der Waals surface area contributed by atoms with Crippen LogP contribution in [0, 0.1) is 6.92 Å². The predicted octanol–water partition coefficient (Wildman–Crippen LogP) is 3.06. The van der Waals surface area contributed by atoms with Crippen molar-refractivity contribution < 1.29 is 0 Å². The average Bonchev–Trinajstić information content (AvgIpc) is 3.18. The van der Waals surface area contributed by atoms with Gasteiger partial charge in [-0.1, -0.05) is 30.3 Å². The maximum Gasteiger partial charge on any atom is 0.191 e. The standard InChI is InChI=1S/C19H22N6.HI/c1-15-5-3-4-6-17(15)13-24-19(20-2)23-12-16-7-8-18(22-11-16)25-10-9-21-14-25;/h3-11,14H,12-13H2,1-2H3,(H2,20,23,24);1H. The fraction of sp³-hybridized carbons (Fsp3) is 0.211. The Hall–Kier alpha value is -2.42. The molecule has 3 rings (SSSR count). The number of imidazole rings is 1. The molecule has 136 valence electrons. The average molecular weight is 462 g/mol. The van der Waals surface area contributed by atoms with E-state index in [4.69, 9.17) is 0 Å². The van der Waals surface area contributed by atoms with Crippen LogP contribution in [0.4, 0.5) is 0 Å². The maximum absolute atomic E-state index is 4.45. The smallest absolute Gasteiger partial charge is 0.191 e. The summed E-state index contributed by atoms with van der Waals surface area (Å²) < 4.78 is 1.87. The molecule has 0 radical (unpaired) electrons. The van der Waals surface area contributed by atoms with Gasteiger partial charge in [-0.25, -0.2) is 9.97 Å². The Labute approximate surface area is 170 Å². The molecule has 0 saturated carbocycles. The molecule has 2 N–H and O–H groups in total. The molecule has 0 aliphatic rings. The van der Waals surface area contributed by atoms with Gasteiger partial charge in [0, 0.05) is 38.7 Å². The van der Waals surface area contributed by atoms with E-state index in [-0.39, 0.29) is 24.0 Å². The largest absolute Gasteiger partial charge is 0.352 e. The number of nitrogens with one attached hydrogen (secondary N) is 2. The molecule has 0 aliphatic carbocycles. The van der Waals surface area contributed by atoms with Gasteiger partial charge in [-0.3, -0.25) is 9.56 Å². The Morgan fingerprint density at radius 1 is 1.12 bits per heavy atom. The number of aryl methyl sites for hydroxylation is 1. The zero-order valence-electron chi connectivity index (χ0n) is 14.9. The Kier molecular flexibility index (Phi) is 7.58. The zero-order chi connectivity index (χ0) is 17.5. The van der Waals surface area contributed by atoms with Crippen LogP contribution < -0.4 is 10.6 Å². The van der Waals surface area contributed by atoms with Gasteiger partial charge in [0.2, 0.25) is 0 Å². The second kappa shape index (κ2) is 9.91. The second-order valence-corrected chi connectivity index (χ2v) is 5.70. The normalized spacial score (nSPS) is 10.9. The number of rotatable bonds is 5. The predicted molar refractivity (Wildman–Crippen MR) is 115 cm³/mol. The quantitative estimate of drug-likeness (QED) is 0.348. The summed E-state index contributed by atoms with van der Waals surface area (Å²) in [7, 11) is 1.77. The number of halogens is 1. The highest BCUT2D eigenvalue weighted by Gasteiger charge is 2.02. The van der Waals surface area contributed by atoms with Gasteiger partial charge in [-0.15, -0.1) is 24.0 Å². The fourth-order valence-corrected chi connectivity index (χ4v) is 2.46. The lowest BCUT2D eigenvalue weighted by Gasteiger charge is -2.13. The van der Waals surface area contributed by atoms with E-state index in [2.05, 4.69) is 44.7 Å². The summed E-state index contributed by atoms with van der Waals surface area (Å²) in [4.78, 5) is 12.8. The molecule has 3 aromatic rings. The third-order valence-corrected chi connectivity index (χ3v) is 3.97. The number of aromatic nitrogens is 3.